The van der Waals surface area contributed by atoms with Crippen LogP contribution in [0.1, 0.15) is 29.8 Å². The van der Waals surface area contributed by atoms with E-state index in [-0.39, 0.29) is 9.92 Å². The zero-order valence-electron chi connectivity index (χ0n) is 14.4. The van der Waals surface area contributed by atoms with Crippen molar-refractivity contribution in [3.05, 3.63) is 58.6 Å². The normalized spacial score (nSPS) is 11.2. The summed E-state index contributed by atoms with van der Waals surface area (Å²) in [6.07, 6.45) is 0. The highest BCUT2D eigenvalue weighted by Gasteiger charge is 2.25. The summed E-state index contributed by atoms with van der Waals surface area (Å²) in [4.78, 5) is 12.3. The Balaban J connectivity index is 2.35. The third kappa shape index (κ3) is 4.22. The topological polar surface area (TPSA) is 90.3 Å². The van der Waals surface area contributed by atoms with Crippen LogP contribution in [0.3, 0.4) is 0 Å². The van der Waals surface area contributed by atoms with Crippen LogP contribution in [-0.2, 0) is 10.0 Å². The SMILES string of the molecule is CCN(CC)S(=O)(=O)c1cc(NC(=O)c2cccc(C#N)c2)ccc1Cl. The van der Waals surface area contributed by atoms with E-state index in [1.165, 1.54) is 28.6 Å². The molecule has 0 spiro atoms. The van der Waals surface area contributed by atoms with Crippen molar-refractivity contribution in [3.63, 3.8) is 0 Å². The highest BCUT2D eigenvalue weighted by atomic mass is 35.5. The lowest BCUT2D eigenvalue weighted by Crippen LogP contribution is -2.30. The Labute approximate surface area is 158 Å². The van der Waals surface area contributed by atoms with Crippen LogP contribution >= 0.6 is 11.6 Å². The van der Waals surface area contributed by atoms with E-state index in [1.807, 2.05) is 6.07 Å². The first-order valence-corrected chi connectivity index (χ1v) is 9.76. The molecule has 2 rings (SSSR count). The second-order valence-corrected chi connectivity index (χ2v) is 7.69. The molecule has 0 aliphatic rings. The van der Waals surface area contributed by atoms with Gasteiger partial charge in [-0.05, 0) is 36.4 Å². The van der Waals surface area contributed by atoms with Crippen molar-refractivity contribution >= 4 is 33.2 Å². The van der Waals surface area contributed by atoms with Crippen molar-refractivity contribution in [2.45, 2.75) is 18.7 Å². The van der Waals surface area contributed by atoms with Crippen LogP contribution in [-0.4, -0.2) is 31.7 Å². The van der Waals surface area contributed by atoms with Gasteiger partial charge in [0.1, 0.15) is 4.90 Å². The van der Waals surface area contributed by atoms with E-state index in [0.717, 1.165) is 0 Å². The number of anilines is 1. The van der Waals surface area contributed by atoms with Gasteiger partial charge in [0.05, 0.1) is 16.7 Å². The summed E-state index contributed by atoms with van der Waals surface area (Å²) in [7, 11) is -3.76. The van der Waals surface area contributed by atoms with Gasteiger partial charge in [0, 0.05) is 24.3 Å². The van der Waals surface area contributed by atoms with Gasteiger partial charge in [0.25, 0.3) is 5.91 Å². The molecule has 0 bridgehead atoms. The number of nitriles is 1. The number of amides is 1. The van der Waals surface area contributed by atoms with Crippen molar-refractivity contribution < 1.29 is 13.2 Å². The molecule has 136 valence electrons. The van der Waals surface area contributed by atoms with Gasteiger partial charge in [-0.25, -0.2) is 8.42 Å². The molecule has 0 saturated heterocycles. The molecular weight excluding hydrogens is 374 g/mol. The highest BCUT2D eigenvalue weighted by Crippen LogP contribution is 2.28. The molecule has 0 radical (unpaired) electrons. The van der Waals surface area contributed by atoms with Crippen molar-refractivity contribution in [1.82, 2.24) is 4.31 Å². The number of carbonyl (C=O) groups excluding carboxylic acids is 1. The van der Waals surface area contributed by atoms with Gasteiger partial charge >= 0.3 is 0 Å². The molecule has 2 aromatic carbocycles. The predicted molar refractivity (Wildman–Crippen MR) is 101 cm³/mol. The Hall–Kier alpha value is -2.40. The Morgan fingerprint density at radius 3 is 2.50 bits per heavy atom. The van der Waals surface area contributed by atoms with Gasteiger partial charge in [-0.15, -0.1) is 0 Å². The first-order valence-electron chi connectivity index (χ1n) is 7.94. The number of halogens is 1. The summed E-state index contributed by atoms with van der Waals surface area (Å²) in [6.45, 7) is 4.10. The summed E-state index contributed by atoms with van der Waals surface area (Å²) in [5, 5.41) is 11.6. The lowest BCUT2D eigenvalue weighted by molar-refractivity contribution is 0.102. The van der Waals surface area contributed by atoms with E-state index >= 15 is 0 Å². The smallest absolute Gasteiger partial charge is 0.255 e. The average molecular weight is 392 g/mol. The minimum absolute atomic E-state index is 0.0635. The molecule has 2 aromatic rings. The number of nitrogens with one attached hydrogen (secondary N) is 1. The fraction of sp³-hybridized carbons (Fsp3) is 0.222. The van der Waals surface area contributed by atoms with Crippen LogP contribution in [0.2, 0.25) is 5.02 Å². The van der Waals surface area contributed by atoms with Crippen molar-refractivity contribution in [1.29, 1.82) is 5.26 Å². The third-order valence-electron chi connectivity index (χ3n) is 3.77. The second-order valence-electron chi connectivity index (χ2n) is 5.38. The molecule has 0 aliphatic heterocycles. The summed E-state index contributed by atoms with van der Waals surface area (Å²) >= 11 is 6.08. The molecule has 0 fully saturated rings. The Bertz CT molecular complexity index is 964. The molecule has 1 amide bonds. The quantitative estimate of drug-likeness (QED) is 0.815. The number of hydrogen-bond acceptors (Lipinski definition) is 4. The first kappa shape index (κ1) is 19.9. The first-order chi connectivity index (χ1) is 12.3. The average Bonchev–Trinajstić information content (AvgIpc) is 2.64. The van der Waals surface area contributed by atoms with Gasteiger partial charge in [-0.2, -0.15) is 9.57 Å². The summed E-state index contributed by atoms with van der Waals surface area (Å²) in [5.74, 6) is -0.449. The van der Waals surface area contributed by atoms with Gasteiger partial charge in [0.15, 0.2) is 0 Å². The maximum atomic E-state index is 12.7. The second kappa shape index (κ2) is 8.32. The molecular formula is C18H18ClN3O3S. The van der Waals surface area contributed by atoms with Crippen molar-refractivity contribution in [3.8, 4) is 6.07 Å². The minimum Gasteiger partial charge on any atom is -0.322 e. The number of carbonyl (C=O) groups is 1. The van der Waals surface area contributed by atoms with Crippen LogP contribution in [0.5, 0.6) is 0 Å². The number of sulfonamides is 1. The minimum atomic E-state index is -3.76. The maximum Gasteiger partial charge on any atom is 0.255 e. The fourth-order valence-electron chi connectivity index (χ4n) is 2.41. The number of benzene rings is 2. The Morgan fingerprint density at radius 2 is 1.88 bits per heavy atom. The third-order valence-corrected chi connectivity index (χ3v) is 6.30. The predicted octanol–water partition coefficient (Wildman–Crippen LogP) is 3.49. The van der Waals surface area contributed by atoms with Crippen molar-refractivity contribution in [2.24, 2.45) is 0 Å². The monoisotopic (exact) mass is 391 g/mol. The van der Waals surface area contributed by atoms with E-state index in [4.69, 9.17) is 16.9 Å². The van der Waals surface area contributed by atoms with Crippen LogP contribution in [0.25, 0.3) is 0 Å². The Morgan fingerprint density at radius 1 is 1.19 bits per heavy atom. The van der Waals surface area contributed by atoms with Crippen LogP contribution < -0.4 is 5.32 Å². The molecule has 0 atom stereocenters. The largest absolute Gasteiger partial charge is 0.322 e. The molecule has 6 nitrogen and oxygen atoms in total. The molecule has 0 unspecified atom stereocenters. The lowest BCUT2D eigenvalue weighted by atomic mass is 10.1. The molecule has 0 saturated carbocycles. The molecule has 1 N–H and O–H groups in total. The van der Waals surface area contributed by atoms with Gasteiger partial charge < -0.3 is 5.32 Å². The summed E-state index contributed by atoms with van der Waals surface area (Å²) in [5.41, 5.74) is 0.957. The summed E-state index contributed by atoms with van der Waals surface area (Å²) in [6, 6.07) is 12.5. The lowest BCUT2D eigenvalue weighted by Gasteiger charge is -2.19. The number of hydrogen-bond donors (Lipinski definition) is 1. The zero-order chi connectivity index (χ0) is 19.3. The van der Waals surface area contributed by atoms with E-state index < -0.39 is 15.9 Å². The van der Waals surface area contributed by atoms with Crippen molar-refractivity contribution in [2.75, 3.05) is 18.4 Å². The number of rotatable bonds is 6. The summed E-state index contributed by atoms with van der Waals surface area (Å²) < 4.78 is 26.7. The standard InChI is InChI=1S/C18H18ClN3O3S/c1-3-22(4-2)26(24,25)17-11-15(8-9-16(17)19)21-18(23)14-7-5-6-13(10-14)12-20/h5-11H,3-4H2,1-2H3,(H,21,23). The molecule has 26 heavy (non-hydrogen) atoms. The van der Waals surface area contributed by atoms with Gasteiger partial charge in [0.2, 0.25) is 10.0 Å². The molecule has 0 heterocycles. The van der Waals surface area contributed by atoms with E-state index in [2.05, 4.69) is 5.32 Å². The number of nitrogens with zero attached hydrogens (tertiary/aromatic N) is 2. The highest BCUT2D eigenvalue weighted by molar-refractivity contribution is 7.89. The van der Waals surface area contributed by atoms with E-state index in [1.54, 1.807) is 32.0 Å². The molecule has 0 aliphatic carbocycles. The molecule has 0 aromatic heterocycles. The molecule has 8 heteroatoms. The van der Waals surface area contributed by atoms with Gasteiger partial charge in [-0.1, -0.05) is 31.5 Å². The van der Waals surface area contributed by atoms with Crippen LogP contribution in [0, 0.1) is 11.3 Å². The zero-order valence-corrected chi connectivity index (χ0v) is 15.9. The van der Waals surface area contributed by atoms with Gasteiger partial charge in [-0.3, -0.25) is 4.79 Å². The van der Waals surface area contributed by atoms with E-state index in [9.17, 15) is 13.2 Å². The van der Waals surface area contributed by atoms with Crippen LogP contribution in [0.15, 0.2) is 47.4 Å². The van der Waals surface area contributed by atoms with E-state index in [0.29, 0.717) is 29.9 Å². The maximum absolute atomic E-state index is 12.7. The van der Waals surface area contributed by atoms with Crippen LogP contribution in [0.4, 0.5) is 5.69 Å². The fourth-order valence-corrected chi connectivity index (χ4v) is 4.37. The Kier molecular flexibility index (Phi) is 6.37.